The summed E-state index contributed by atoms with van der Waals surface area (Å²) in [6.45, 7) is 0.612. The van der Waals surface area contributed by atoms with Crippen molar-refractivity contribution in [1.29, 1.82) is 0 Å². The van der Waals surface area contributed by atoms with Crippen molar-refractivity contribution in [3.8, 4) is 0 Å². The first-order valence-corrected chi connectivity index (χ1v) is 6.02. The molecule has 2 heterocycles. The third-order valence-corrected chi connectivity index (χ3v) is 3.31. The van der Waals surface area contributed by atoms with E-state index >= 15 is 0 Å². The molecule has 2 aromatic heterocycles. The standard InChI is InChI=1S/C11H9ClN2O2S/c12-10-2-1-8(17-10)6-14-7-3-4-13-9(5-7)11(15)16/h1-5H,6H2,(H,13,14)(H,15,16). The number of pyridine rings is 1. The van der Waals surface area contributed by atoms with Crippen molar-refractivity contribution in [1.82, 2.24) is 4.98 Å². The lowest BCUT2D eigenvalue weighted by atomic mass is 10.3. The predicted molar refractivity (Wildman–Crippen MR) is 67.9 cm³/mol. The Kier molecular flexibility index (Phi) is 3.61. The van der Waals surface area contributed by atoms with Gasteiger partial charge >= 0.3 is 5.97 Å². The number of aromatic carboxylic acids is 1. The first-order chi connectivity index (χ1) is 8.15. The minimum absolute atomic E-state index is 0.0270. The van der Waals surface area contributed by atoms with E-state index in [2.05, 4.69) is 10.3 Å². The van der Waals surface area contributed by atoms with Gasteiger partial charge in [-0.15, -0.1) is 11.3 Å². The number of hydrogen-bond donors (Lipinski definition) is 2. The second-order valence-electron chi connectivity index (χ2n) is 3.29. The highest BCUT2D eigenvalue weighted by atomic mass is 35.5. The van der Waals surface area contributed by atoms with Crippen molar-refractivity contribution >= 4 is 34.6 Å². The topological polar surface area (TPSA) is 62.2 Å². The lowest BCUT2D eigenvalue weighted by molar-refractivity contribution is 0.0690. The maximum atomic E-state index is 10.7. The molecule has 2 rings (SSSR count). The lowest BCUT2D eigenvalue weighted by Gasteiger charge is -2.04. The van der Waals surface area contributed by atoms with Gasteiger partial charge in [0.25, 0.3) is 0 Å². The van der Waals surface area contributed by atoms with Crippen LogP contribution in [-0.2, 0) is 6.54 Å². The average molecular weight is 269 g/mol. The zero-order valence-corrected chi connectivity index (χ0v) is 10.3. The van der Waals surface area contributed by atoms with Gasteiger partial charge in [0, 0.05) is 23.3 Å². The van der Waals surface area contributed by atoms with Gasteiger partial charge in [0.05, 0.1) is 4.34 Å². The predicted octanol–water partition coefficient (Wildman–Crippen LogP) is 3.11. The van der Waals surface area contributed by atoms with Gasteiger partial charge in [-0.3, -0.25) is 0 Å². The second-order valence-corrected chi connectivity index (χ2v) is 5.09. The largest absolute Gasteiger partial charge is 0.477 e. The molecule has 0 saturated heterocycles. The van der Waals surface area contributed by atoms with Crippen LogP contribution in [0.3, 0.4) is 0 Å². The van der Waals surface area contributed by atoms with E-state index in [1.54, 1.807) is 6.07 Å². The van der Waals surface area contributed by atoms with E-state index in [0.29, 0.717) is 6.54 Å². The fraction of sp³-hybridized carbons (Fsp3) is 0.0909. The second kappa shape index (κ2) is 5.16. The van der Waals surface area contributed by atoms with E-state index < -0.39 is 5.97 Å². The number of anilines is 1. The highest BCUT2D eigenvalue weighted by Gasteiger charge is 2.05. The fourth-order valence-electron chi connectivity index (χ4n) is 1.29. The van der Waals surface area contributed by atoms with Gasteiger partial charge in [0.15, 0.2) is 0 Å². The van der Waals surface area contributed by atoms with Crippen LogP contribution in [0.1, 0.15) is 15.4 Å². The Hall–Kier alpha value is -1.59. The summed E-state index contributed by atoms with van der Waals surface area (Å²) >= 11 is 7.30. The van der Waals surface area contributed by atoms with Gasteiger partial charge in [-0.1, -0.05) is 11.6 Å². The molecule has 0 saturated carbocycles. The monoisotopic (exact) mass is 268 g/mol. The normalized spacial score (nSPS) is 10.2. The number of rotatable bonds is 4. The van der Waals surface area contributed by atoms with E-state index in [4.69, 9.17) is 16.7 Å². The highest BCUT2D eigenvalue weighted by Crippen LogP contribution is 2.22. The van der Waals surface area contributed by atoms with Gasteiger partial charge in [-0.25, -0.2) is 9.78 Å². The van der Waals surface area contributed by atoms with Crippen molar-refractivity contribution < 1.29 is 9.90 Å². The van der Waals surface area contributed by atoms with Gasteiger partial charge in [0.1, 0.15) is 5.69 Å². The molecule has 4 nitrogen and oxygen atoms in total. The van der Waals surface area contributed by atoms with Crippen LogP contribution in [0.4, 0.5) is 5.69 Å². The summed E-state index contributed by atoms with van der Waals surface area (Å²) in [5.74, 6) is -1.03. The van der Waals surface area contributed by atoms with Crippen LogP contribution in [0.25, 0.3) is 0 Å². The Morgan fingerprint density at radius 1 is 1.47 bits per heavy atom. The molecule has 0 aliphatic heterocycles. The SMILES string of the molecule is O=C(O)c1cc(NCc2ccc(Cl)s2)ccn1. The molecule has 0 aromatic carbocycles. The summed E-state index contributed by atoms with van der Waals surface area (Å²) in [6.07, 6.45) is 1.47. The van der Waals surface area contributed by atoms with Gasteiger partial charge in [-0.05, 0) is 24.3 Å². The Bertz CT molecular complexity index is 542. The van der Waals surface area contributed by atoms with Gasteiger partial charge in [-0.2, -0.15) is 0 Å². The van der Waals surface area contributed by atoms with E-state index in [1.807, 2.05) is 12.1 Å². The van der Waals surface area contributed by atoms with Crippen LogP contribution in [0.5, 0.6) is 0 Å². The van der Waals surface area contributed by atoms with Crippen LogP contribution >= 0.6 is 22.9 Å². The molecule has 0 unspecified atom stereocenters. The Labute approximate surface area is 107 Å². The molecule has 17 heavy (non-hydrogen) atoms. The molecule has 6 heteroatoms. The number of carboxylic acids is 1. The molecular weight excluding hydrogens is 260 g/mol. The molecule has 0 amide bonds. The van der Waals surface area contributed by atoms with Crippen LogP contribution in [-0.4, -0.2) is 16.1 Å². The van der Waals surface area contributed by atoms with Gasteiger partial charge in [0.2, 0.25) is 0 Å². The quantitative estimate of drug-likeness (QED) is 0.894. The number of nitrogens with zero attached hydrogens (tertiary/aromatic N) is 1. The fourth-order valence-corrected chi connectivity index (χ4v) is 2.32. The Balaban J connectivity index is 2.04. The third kappa shape index (κ3) is 3.18. The summed E-state index contributed by atoms with van der Waals surface area (Å²) in [5.41, 5.74) is 0.751. The molecule has 0 fully saturated rings. The van der Waals surface area contributed by atoms with Crippen molar-refractivity contribution in [2.45, 2.75) is 6.54 Å². The molecular formula is C11H9ClN2O2S. The van der Waals surface area contributed by atoms with E-state index in [0.717, 1.165) is 14.9 Å². The Morgan fingerprint density at radius 2 is 2.29 bits per heavy atom. The smallest absolute Gasteiger partial charge is 0.354 e. The summed E-state index contributed by atoms with van der Waals surface area (Å²) in [5, 5.41) is 11.9. The summed E-state index contributed by atoms with van der Waals surface area (Å²) in [4.78, 5) is 15.6. The maximum Gasteiger partial charge on any atom is 0.354 e. The molecule has 0 aliphatic carbocycles. The molecule has 0 spiro atoms. The zero-order chi connectivity index (χ0) is 12.3. The highest BCUT2D eigenvalue weighted by molar-refractivity contribution is 7.16. The van der Waals surface area contributed by atoms with Crippen molar-refractivity contribution in [2.75, 3.05) is 5.32 Å². The van der Waals surface area contributed by atoms with E-state index in [9.17, 15) is 4.79 Å². The number of thiophene rings is 1. The third-order valence-electron chi connectivity index (χ3n) is 2.07. The first-order valence-electron chi connectivity index (χ1n) is 4.82. The summed E-state index contributed by atoms with van der Waals surface area (Å²) in [7, 11) is 0. The number of carboxylic acid groups (broad SMARTS) is 1. The zero-order valence-electron chi connectivity index (χ0n) is 8.68. The van der Waals surface area contributed by atoms with Crippen LogP contribution in [0.2, 0.25) is 4.34 Å². The molecule has 88 valence electrons. The summed E-state index contributed by atoms with van der Waals surface area (Å²) in [6, 6.07) is 6.98. The van der Waals surface area contributed by atoms with E-state index in [-0.39, 0.29) is 5.69 Å². The van der Waals surface area contributed by atoms with Crippen LogP contribution < -0.4 is 5.32 Å². The van der Waals surface area contributed by atoms with Crippen molar-refractivity contribution in [2.24, 2.45) is 0 Å². The number of aromatic nitrogens is 1. The van der Waals surface area contributed by atoms with Crippen LogP contribution in [0.15, 0.2) is 30.5 Å². The van der Waals surface area contributed by atoms with Crippen LogP contribution in [0, 0.1) is 0 Å². The first kappa shape index (κ1) is 11.9. The van der Waals surface area contributed by atoms with Crippen molar-refractivity contribution in [3.63, 3.8) is 0 Å². The summed E-state index contributed by atoms with van der Waals surface area (Å²) < 4.78 is 0.739. The molecule has 2 N–H and O–H groups in total. The van der Waals surface area contributed by atoms with E-state index in [1.165, 1.54) is 23.6 Å². The molecule has 0 atom stereocenters. The number of halogens is 1. The number of carbonyl (C=O) groups is 1. The molecule has 0 bridgehead atoms. The number of hydrogen-bond acceptors (Lipinski definition) is 4. The molecule has 0 aliphatic rings. The minimum Gasteiger partial charge on any atom is -0.477 e. The minimum atomic E-state index is -1.03. The molecule has 2 aromatic rings. The average Bonchev–Trinajstić information content (AvgIpc) is 2.73. The van der Waals surface area contributed by atoms with Crippen molar-refractivity contribution in [3.05, 3.63) is 45.4 Å². The molecule has 0 radical (unpaired) electrons. The van der Waals surface area contributed by atoms with Gasteiger partial charge < -0.3 is 10.4 Å². The Morgan fingerprint density at radius 3 is 2.94 bits per heavy atom. The maximum absolute atomic E-state index is 10.7. The number of nitrogens with one attached hydrogen (secondary N) is 1. The lowest BCUT2D eigenvalue weighted by Crippen LogP contribution is -2.03.